The zero-order valence-corrected chi connectivity index (χ0v) is 12.1. The molecule has 1 aromatic carbocycles. The molecule has 0 spiro atoms. The van der Waals surface area contributed by atoms with Crippen LogP contribution in [-0.4, -0.2) is 36.9 Å². The molecule has 0 aliphatic carbocycles. The van der Waals surface area contributed by atoms with Gasteiger partial charge in [-0.05, 0) is 31.2 Å². The van der Waals surface area contributed by atoms with Gasteiger partial charge in [0.1, 0.15) is 9.84 Å². The third-order valence-electron chi connectivity index (χ3n) is 4.65. The minimum Gasteiger partial charge on any atom is -0.293 e. The number of sulfone groups is 1. The molecule has 2 heterocycles. The first-order chi connectivity index (χ1) is 9.04. The van der Waals surface area contributed by atoms with Gasteiger partial charge >= 0.3 is 0 Å². The molecule has 3 rings (SSSR count). The molecule has 0 saturated carbocycles. The van der Waals surface area contributed by atoms with Gasteiger partial charge in [-0.3, -0.25) is 4.90 Å². The lowest BCUT2D eigenvalue weighted by atomic mass is 10.0. The molecule has 2 fully saturated rings. The van der Waals surface area contributed by atoms with Gasteiger partial charge in [-0.1, -0.05) is 30.3 Å². The molecule has 0 amide bonds. The van der Waals surface area contributed by atoms with Crippen LogP contribution in [0.3, 0.4) is 0 Å². The van der Waals surface area contributed by atoms with E-state index in [1.54, 1.807) is 0 Å². The Morgan fingerprint density at radius 3 is 2.21 bits per heavy atom. The average molecular weight is 279 g/mol. The van der Waals surface area contributed by atoms with Gasteiger partial charge in [0.05, 0.1) is 5.25 Å². The normalized spacial score (nSPS) is 31.5. The van der Waals surface area contributed by atoms with Crippen molar-refractivity contribution >= 4 is 9.84 Å². The number of piperidine rings is 1. The lowest BCUT2D eigenvalue weighted by molar-refractivity contribution is 0.134. The van der Waals surface area contributed by atoms with Crippen LogP contribution in [0.5, 0.6) is 0 Å². The second-order valence-electron chi connectivity index (χ2n) is 5.97. The Balaban J connectivity index is 1.74. The van der Waals surface area contributed by atoms with E-state index >= 15 is 0 Å². The molecule has 2 saturated heterocycles. The Morgan fingerprint density at radius 1 is 1.11 bits per heavy atom. The molecule has 0 aromatic heterocycles. The highest BCUT2D eigenvalue weighted by atomic mass is 32.2. The predicted octanol–water partition coefficient (Wildman–Crippen LogP) is 2.23. The van der Waals surface area contributed by atoms with E-state index < -0.39 is 9.84 Å². The number of benzene rings is 1. The Hall–Kier alpha value is -0.870. The van der Waals surface area contributed by atoms with Crippen LogP contribution in [0.25, 0.3) is 0 Å². The fraction of sp³-hybridized carbons (Fsp3) is 0.600. The Morgan fingerprint density at radius 2 is 1.68 bits per heavy atom. The van der Waals surface area contributed by atoms with Gasteiger partial charge in [0.15, 0.2) is 0 Å². The van der Waals surface area contributed by atoms with Gasteiger partial charge in [-0.25, -0.2) is 8.42 Å². The first kappa shape index (κ1) is 13.1. The second-order valence-corrected chi connectivity index (χ2v) is 8.29. The summed E-state index contributed by atoms with van der Waals surface area (Å²) in [5.74, 6) is 0. The van der Waals surface area contributed by atoms with Crippen molar-refractivity contribution < 1.29 is 8.42 Å². The molecule has 3 nitrogen and oxygen atoms in total. The first-order valence-corrected chi connectivity index (χ1v) is 8.98. The highest BCUT2D eigenvalue weighted by Crippen LogP contribution is 2.38. The van der Waals surface area contributed by atoms with E-state index in [1.165, 1.54) is 11.8 Å². The molecular weight excluding hydrogens is 258 g/mol. The van der Waals surface area contributed by atoms with Gasteiger partial charge in [-0.2, -0.15) is 0 Å². The Labute approximate surface area is 115 Å². The van der Waals surface area contributed by atoms with Crippen molar-refractivity contribution in [2.75, 3.05) is 6.26 Å². The van der Waals surface area contributed by atoms with Crippen LogP contribution in [0.1, 0.15) is 31.2 Å². The van der Waals surface area contributed by atoms with Crippen molar-refractivity contribution in [3.8, 4) is 0 Å². The average Bonchev–Trinajstić information content (AvgIpc) is 2.61. The highest BCUT2D eigenvalue weighted by Gasteiger charge is 2.43. The molecule has 0 N–H and O–H groups in total. The van der Waals surface area contributed by atoms with Crippen LogP contribution in [0, 0.1) is 0 Å². The van der Waals surface area contributed by atoms with E-state index in [-0.39, 0.29) is 5.25 Å². The van der Waals surface area contributed by atoms with Crippen molar-refractivity contribution in [3.05, 3.63) is 35.9 Å². The zero-order chi connectivity index (χ0) is 13.5. The van der Waals surface area contributed by atoms with E-state index in [0.29, 0.717) is 12.1 Å². The lowest BCUT2D eigenvalue weighted by Gasteiger charge is -2.38. The van der Waals surface area contributed by atoms with Crippen LogP contribution in [0.4, 0.5) is 0 Å². The summed E-state index contributed by atoms with van der Waals surface area (Å²) in [6.45, 7) is 0.965. The molecule has 19 heavy (non-hydrogen) atoms. The lowest BCUT2D eigenvalue weighted by Crippen LogP contribution is -2.46. The summed E-state index contributed by atoms with van der Waals surface area (Å²) in [5.41, 5.74) is 1.33. The van der Waals surface area contributed by atoms with Crippen molar-refractivity contribution in [1.82, 2.24) is 4.90 Å². The summed E-state index contributed by atoms with van der Waals surface area (Å²) >= 11 is 0. The van der Waals surface area contributed by atoms with Gasteiger partial charge in [0.25, 0.3) is 0 Å². The van der Waals surface area contributed by atoms with Crippen LogP contribution in [0.15, 0.2) is 30.3 Å². The predicted molar refractivity (Wildman–Crippen MR) is 76.7 cm³/mol. The number of hydrogen-bond acceptors (Lipinski definition) is 3. The Kier molecular flexibility index (Phi) is 3.39. The maximum atomic E-state index is 11.8. The molecule has 1 aromatic rings. The summed E-state index contributed by atoms with van der Waals surface area (Å²) in [6.07, 6.45) is 5.35. The van der Waals surface area contributed by atoms with E-state index in [2.05, 4.69) is 29.2 Å². The topological polar surface area (TPSA) is 37.4 Å². The molecule has 0 radical (unpaired) electrons. The molecule has 4 heteroatoms. The van der Waals surface area contributed by atoms with Gasteiger partial charge in [0, 0.05) is 24.9 Å². The van der Waals surface area contributed by atoms with Crippen LogP contribution in [0.2, 0.25) is 0 Å². The number of fused-ring (bicyclic) bond motifs is 2. The molecule has 2 aliphatic rings. The number of nitrogens with zero attached hydrogens (tertiary/aromatic N) is 1. The molecule has 2 bridgehead atoms. The smallest absolute Gasteiger partial charge is 0.150 e. The number of hydrogen-bond donors (Lipinski definition) is 0. The van der Waals surface area contributed by atoms with Gasteiger partial charge < -0.3 is 0 Å². The van der Waals surface area contributed by atoms with Crippen molar-refractivity contribution in [3.63, 3.8) is 0 Å². The minimum atomic E-state index is -2.87. The molecule has 2 aliphatic heterocycles. The second kappa shape index (κ2) is 4.91. The Bertz CT molecular complexity index is 527. The fourth-order valence-electron chi connectivity index (χ4n) is 3.63. The van der Waals surface area contributed by atoms with Crippen LogP contribution < -0.4 is 0 Å². The summed E-state index contributed by atoms with van der Waals surface area (Å²) in [5, 5.41) is -0.114. The van der Waals surface area contributed by atoms with Crippen molar-refractivity contribution in [1.29, 1.82) is 0 Å². The molecule has 104 valence electrons. The SMILES string of the molecule is CS(=O)(=O)C1C[C@H]2CC[C@@H](C1)N2Cc1ccccc1. The van der Waals surface area contributed by atoms with Crippen LogP contribution >= 0.6 is 0 Å². The number of rotatable bonds is 3. The minimum absolute atomic E-state index is 0.114. The summed E-state index contributed by atoms with van der Waals surface area (Å²) in [7, 11) is -2.87. The van der Waals surface area contributed by atoms with Gasteiger partial charge in [-0.15, -0.1) is 0 Å². The molecular formula is C15H21NO2S. The van der Waals surface area contributed by atoms with E-state index in [1.807, 2.05) is 6.07 Å². The first-order valence-electron chi connectivity index (χ1n) is 7.02. The fourth-order valence-corrected chi connectivity index (χ4v) is 4.77. The zero-order valence-electron chi connectivity index (χ0n) is 11.3. The van der Waals surface area contributed by atoms with Gasteiger partial charge in [0.2, 0.25) is 0 Å². The quantitative estimate of drug-likeness (QED) is 0.851. The highest BCUT2D eigenvalue weighted by molar-refractivity contribution is 7.91. The third-order valence-corrected chi connectivity index (χ3v) is 6.25. The van der Waals surface area contributed by atoms with Crippen molar-refractivity contribution in [2.24, 2.45) is 0 Å². The standard InChI is InChI=1S/C15H21NO2S/c1-19(17,18)15-9-13-7-8-14(10-15)16(13)11-12-5-3-2-4-6-12/h2-6,13-15H,7-11H2,1H3/t13-,14+,15?. The van der Waals surface area contributed by atoms with Crippen LogP contribution in [-0.2, 0) is 16.4 Å². The molecule has 3 atom stereocenters. The summed E-state index contributed by atoms with van der Waals surface area (Å²) in [6, 6.07) is 11.4. The third kappa shape index (κ3) is 2.70. The van der Waals surface area contributed by atoms with E-state index in [9.17, 15) is 8.42 Å². The van der Waals surface area contributed by atoms with Crippen molar-refractivity contribution in [2.45, 2.75) is 49.6 Å². The maximum absolute atomic E-state index is 11.8. The summed E-state index contributed by atoms with van der Waals surface area (Å²) < 4.78 is 23.5. The maximum Gasteiger partial charge on any atom is 0.150 e. The monoisotopic (exact) mass is 279 g/mol. The van der Waals surface area contributed by atoms with E-state index in [0.717, 1.165) is 32.2 Å². The largest absolute Gasteiger partial charge is 0.293 e. The molecule has 1 unspecified atom stereocenters. The summed E-state index contributed by atoms with van der Waals surface area (Å²) in [4.78, 5) is 2.52. The van der Waals surface area contributed by atoms with E-state index in [4.69, 9.17) is 0 Å².